The molecule has 11 heavy (non-hydrogen) atoms. The van der Waals surface area contributed by atoms with E-state index in [1.54, 1.807) is 0 Å². The van der Waals surface area contributed by atoms with Crippen LogP contribution < -0.4 is 0 Å². The Balaban J connectivity index is 2.67. The second kappa shape index (κ2) is 2.22. The summed E-state index contributed by atoms with van der Waals surface area (Å²) < 4.78 is 0. The average molecular weight is 155 g/mol. The van der Waals surface area contributed by atoms with Crippen LogP contribution in [0.1, 0.15) is 34.6 Å². The van der Waals surface area contributed by atoms with E-state index in [9.17, 15) is 0 Å². The molecule has 1 aliphatic heterocycles. The topological polar surface area (TPSA) is 3.24 Å². The Labute approximate surface area is 70.8 Å². The molecule has 1 fully saturated rings. The minimum atomic E-state index is 0.415. The Kier molecular flexibility index (Phi) is 1.83. The second-order valence-corrected chi connectivity index (χ2v) is 5.45. The molecule has 0 saturated carbocycles. The lowest BCUT2D eigenvalue weighted by Crippen LogP contribution is -2.65. The summed E-state index contributed by atoms with van der Waals surface area (Å²) in [5.41, 5.74) is 0.883. The fourth-order valence-corrected chi connectivity index (χ4v) is 2.22. The van der Waals surface area contributed by atoms with E-state index in [0.29, 0.717) is 11.0 Å². The van der Waals surface area contributed by atoms with E-state index in [-0.39, 0.29) is 0 Å². The van der Waals surface area contributed by atoms with Gasteiger partial charge in [0.2, 0.25) is 0 Å². The van der Waals surface area contributed by atoms with Crippen molar-refractivity contribution in [2.75, 3.05) is 13.6 Å². The number of nitrogens with zero attached hydrogens (tertiary/aromatic N) is 1. The van der Waals surface area contributed by atoms with Crippen LogP contribution in [0, 0.1) is 11.3 Å². The van der Waals surface area contributed by atoms with E-state index < -0.39 is 0 Å². The summed E-state index contributed by atoms with van der Waals surface area (Å²) in [6, 6.07) is 0. The lowest BCUT2D eigenvalue weighted by Gasteiger charge is -2.58. The number of hydrogen-bond donors (Lipinski definition) is 0. The summed E-state index contributed by atoms with van der Waals surface area (Å²) in [5, 5.41) is 0. The third kappa shape index (κ3) is 1.31. The molecule has 0 aromatic carbocycles. The third-order valence-corrected chi connectivity index (χ3v) is 3.34. The van der Waals surface area contributed by atoms with Crippen molar-refractivity contribution in [2.45, 2.75) is 40.2 Å². The fraction of sp³-hybridized carbons (Fsp3) is 1.00. The van der Waals surface area contributed by atoms with Crippen molar-refractivity contribution < 1.29 is 0 Å². The standard InChI is InChI=1S/C10H21N/c1-9(2,3)8-7-11(6)10(8,4)5/h8H,7H2,1-6H3. The monoisotopic (exact) mass is 155 g/mol. The van der Waals surface area contributed by atoms with Crippen LogP contribution in [0.3, 0.4) is 0 Å². The van der Waals surface area contributed by atoms with Crippen molar-refractivity contribution in [3.05, 3.63) is 0 Å². The van der Waals surface area contributed by atoms with E-state index in [0.717, 1.165) is 5.92 Å². The van der Waals surface area contributed by atoms with Gasteiger partial charge in [-0.3, -0.25) is 0 Å². The Morgan fingerprint density at radius 1 is 1.27 bits per heavy atom. The zero-order valence-electron chi connectivity index (χ0n) is 8.73. The molecule has 0 aliphatic carbocycles. The fourth-order valence-electron chi connectivity index (χ4n) is 2.22. The SMILES string of the molecule is CN1CC(C(C)(C)C)C1(C)C. The number of hydrogen-bond acceptors (Lipinski definition) is 1. The molecule has 1 nitrogen and oxygen atoms in total. The highest BCUT2D eigenvalue weighted by Crippen LogP contribution is 2.45. The molecule has 0 radical (unpaired) electrons. The van der Waals surface area contributed by atoms with Gasteiger partial charge in [0.05, 0.1) is 0 Å². The summed E-state index contributed by atoms with van der Waals surface area (Å²) in [4.78, 5) is 2.43. The maximum Gasteiger partial charge on any atom is 0.0195 e. The smallest absolute Gasteiger partial charge is 0.0195 e. The predicted molar refractivity (Wildman–Crippen MR) is 49.7 cm³/mol. The molecule has 0 bridgehead atoms. The van der Waals surface area contributed by atoms with Gasteiger partial charge in [-0.15, -0.1) is 0 Å². The third-order valence-electron chi connectivity index (χ3n) is 3.34. The minimum absolute atomic E-state index is 0.415. The minimum Gasteiger partial charge on any atom is -0.301 e. The Bertz CT molecular complexity index is 153. The van der Waals surface area contributed by atoms with Gasteiger partial charge in [-0.05, 0) is 32.2 Å². The second-order valence-electron chi connectivity index (χ2n) is 5.45. The van der Waals surface area contributed by atoms with Gasteiger partial charge in [0.25, 0.3) is 0 Å². The van der Waals surface area contributed by atoms with Crippen LogP contribution in [0.2, 0.25) is 0 Å². The van der Waals surface area contributed by atoms with Gasteiger partial charge in [0.15, 0.2) is 0 Å². The lowest BCUT2D eigenvalue weighted by atomic mass is 9.64. The molecule has 1 aliphatic rings. The molecule has 0 aromatic rings. The van der Waals surface area contributed by atoms with Gasteiger partial charge in [-0.2, -0.15) is 0 Å². The van der Waals surface area contributed by atoms with Gasteiger partial charge >= 0.3 is 0 Å². The first kappa shape index (κ1) is 9.05. The van der Waals surface area contributed by atoms with Crippen molar-refractivity contribution in [3.63, 3.8) is 0 Å². The largest absolute Gasteiger partial charge is 0.301 e. The van der Waals surface area contributed by atoms with Crippen LogP contribution in [0.4, 0.5) is 0 Å². The van der Waals surface area contributed by atoms with Crippen molar-refractivity contribution in [1.29, 1.82) is 0 Å². The highest BCUT2D eigenvalue weighted by atomic mass is 15.2. The lowest BCUT2D eigenvalue weighted by molar-refractivity contribution is -0.0892. The first-order valence-electron chi connectivity index (χ1n) is 4.47. The van der Waals surface area contributed by atoms with Gasteiger partial charge in [0, 0.05) is 12.1 Å². The van der Waals surface area contributed by atoms with Crippen LogP contribution in [0.15, 0.2) is 0 Å². The summed E-state index contributed by atoms with van der Waals surface area (Å²) in [6.07, 6.45) is 0. The quantitative estimate of drug-likeness (QED) is 0.519. The first-order chi connectivity index (χ1) is 4.76. The summed E-state index contributed by atoms with van der Waals surface area (Å²) >= 11 is 0. The van der Waals surface area contributed by atoms with Crippen LogP contribution in [0.25, 0.3) is 0 Å². The Morgan fingerprint density at radius 3 is 1.82 bits per heavy atom. The molecule has 1 rings (SSSR count). The normalized spacial score (nSPS) is 31.6. The van der Waals surface area contributed by atoms with Crippen LogP contribution >= 0.6 is 0 Å². The maximum atomic E-state index is 2.43. The molecule has 1 heteroatoms. The Morgan fingerprint density at radius 2 is 1.73 bits per heavy atom. The van der Waals surface area contributed by atoms with Crippen LogP contribution in [0.5, 0.6) is 0 Å². The molecule has 1 heterocycles. The molecule has 1 unspecified atom stereocenters. The summed E-state index contributed by atoms with van der Waals surface area (Å²) in [7, 11) is 2.21. The highest BCUT2D eigenvalue weighted by molar-refractivity contribution is 5.02. The molecular weight excluding hydrogens is 134 g/mol. The molecule has 1 saturated heterocycles. The van der Waals surface area contributed by atoms with E-state index in [4.69, 9.17) is 0 Å². The molecule has 0 spiro atoms. The highest BCUT2D eigenvalue weighted by Gasteiger charge is 2.49. The first-order valence-corrected chi connectivity index (χ1v) is 4.47. The van der Waals surface area contributed by atoms with E-state index in [1.807, 2.05) is 0 Å². The average Bonchev–Trinajstić information content (AvgIpc) is 1.80. The summed E-state index contributed by atoms with van der Waals surface area (Å²) in [5.74, 6) is 0.847. The predicted octanol–water partition coefficient (Wildman–Crippen LogP) is 2.37. The zero-order chi connectivity index (χ0) is 8.86. The van der Waals surface area contributed by atoms with Crippen LogP contribution in [-0.2, 0) is 0 Å². The van der Waals surface area contributed by atoms with Crippen molar-refractivity contribution in [2.24, 2.45) is 11.3 Å². The molecule has 0 aromatic heterocycles. The van der Waals surface area contributed by atoms with E-state index >= 15 is 0 Å². The van der Waals surface area contributed by atoms with E-state index in [2.05, 4.69) is 46.6 Å². The van der Waals surface area contributed by atoms with Crippen LogP contribution in [-0.4, -0.2) is 24.0 Å². The van der Waals surface area contributed by atoms with E-state index in [1.165, 1.54) is 6.54 Å². The van der Waals surface area contributed by atoms with Crippen molar-refractivity contribution >= 4 is 0 Å². The zero-order valence-corrected chi connectivity index (χ0v) is 8.73. The number of rotatable bonds is 0. The van der Waals surface area contributed by atoms with Gasteiger partial charge in [-0.1, -0.05) is 20.8 Å². The summed E-state index contributed by atoms with van der Waals surface area (Å²) in [6.45, 7) is 13.0. The molecular formula is C10H21N. The van der Waals surface area contributed by atoms with Crippen molar-refractivity contribution in [1.82, 2.24) is 4.90 Å². The number of likely N-dealkylation sites (tertiary alicyclic amines) is 1. The molecule has 1 atom stereocenters. The van der Waals surface area contributed by atoms with Gasteiger partial charge in [0.1, 0.15) is 0 Å². The van der Waals surface area contributed by atoms with Gasteiger partial charge in [-0.25, -0.2) is 0 Å². The molecule has 0 N–H and O–H groups in total. The molecule has 0 amide bonds. The van der Waals surface area contributed by atoms with Gasteiger partial charge < -0.3 is 4.90 Å². The maximum absolute atomic E-state index is 2.43. The Hall–Kier alpha value is -0.0400. The molecule has 66 valence electrons. The van der Waals surface area contributed by atoms with Crippen molar-refractivity contribution in [3.8, 4) is 0 Å².